The number of anilines is 2. The first kappa shape index (κ1) is 14.2. The van der Waals surface area contributed by atoms with Crippen LogP contribution in [0.5, 0.6) is 5.88 Å². The molecule has 0 amide bonds. The topological polar surface area (TPSA) is 60.2 Å². The number of nitrogens with two attached hydrogens (primary N) is 1. The van der Waals surface area contributed by atoms with Crippen LogP contribution in [-0.4, -0.2) is 18.6 Å². The highest BCUT2D eigenvalue weighted by Crippen LogP contribution is 2.40. The number of nitrogen functional groups attached to an aromatic ring is 1. The van der Waals surface area contributed by atoms with Crippen molar-refractivity contribution in [3.8, 4) is 17.0 Å². The molecule has 0 bridgehead atoms. The van der Waals surface area contributed by atoms with Gasteiger partial charge in [-0.05, 0) is 52.9 Å². The lowest BCUT2D eigenvalue weighted by atomic mass is 10.1. The number of benzene rings is 1. The summed E-state index contributed by atoms with van der Waals surface area (Å²) in [6, 6.07) is 7.92. The van der Waals surface area contributed by atoms with E-state index in [1.54, 1.807) is 13.3 Å². The minimum absolute atomic E-state index is 0.594. The lowest BCUT2D eigenvalue weighted by Gasteiger charge is -2.15. The van der Waals surface area contributed by atoms with E-state index in [2.05, 4.69) is 26.2 Å². The Morgan fingerprint density at radius 3 is 2.86 bits per heavy atom. The van der Waals surface area contributed by atoms with Gasteiger partial charge in [-0.15, -0.1) is 0 Å². The summed E-state index contributed by atoms with van der Waals surface area (Å²) < 4.78 is 6.19. The minimum atomic E-state index is 0.594. The van der Waals surface area contributed by atoms with Gasteiger partial charge in [0.15, 0.2) is 0 Å². The standard InChI is InChI=1S/C16H18BrN3O/c1-21-16-12(3-2-8-19-16)11-6-7-13(15(18)14(11)17)20-9-10-4-5-10/h2-3,6-8,10,20H,4-5,9,18H2,1H3. The minimum Gasteiger partial charge on any atom is -0.481 e. The molecule has 1 aromatic heterocycles. The maximum absolute atomic E-state index is 6.25. The predicted octanol–water partition coefficient (Wildman–Crippen LogP) is 3.92. The smallest absolute Gasteiger partial charge is 0.221 e. The number of hydrogen-bond donors (Lipinski definition) is 2. The monoisotopic (exact) mass is 347 g/mol. The molecular weight excluding hydrogens is 330 g/mol. The first-order valence-corrected chi connectivity index (χ1v) is 7.81. The Balaban J connectivity index is 1.94. The largest absolute Gasteiger partial charge is 0.481 e. The number of ether oxygens (including phenoxy) is 1. The van der Waals surface area contributed by atoms with Gasteiger partial charge in [-0.25, -0.2) is 4.98 Å². The SMILES string of the molecule is COc1ncccc1-c1ccc(NCC2CC2)c(N)c1Br. The van der Waals surface area contributed by atoms with Crippen LogP contribution in [0.2, 0.25) is 0 Å². The van der Waals surface area contributed by atoms with Crippen molar-refractivity contribution in [2.75, 3.05) is 24.7 Å². The van der Waals surface area contributed by atoms with E-state index in [9.17, 15) is 0 Å². The third-order valence-electron chi connectivity index (χ3n) is 3.71. The number of rotatable bonds is 5. The van der Waals surface area contributed by atoms with Crippen molar-refractivity contribution in [3.63, 3.8) is 0 Å². The third-order valence-corrected chi connectivity index (χ3v) is 4.57. The highest BCUT2D eigenvalue weighted by Gasteiger charge is 2.21. The molecule has 1 aliphatic carbocycles. The molecule has 2 aromatic rings. The van der Waals surface area contributed by atoms with Crippen LogP contribution in [0.3, 0.4) is 0 Å². The summed E-state index contributed by atoms with van der Waals surface area (Å²) in [6.07, 6.45) is 4.35. The fourth-order valence-electron chi connectivity index (χ4n) is 2.29. The summed E-state index contributed by atoms with van der Waals surface area (Å²) >= 11 is 3.61. The quantitative estimate of drug-likeness (QED) is 0.804. The number of nitrogens with one attached hydrogen (secondary N) is 1. The van der Waals surface area contributed by atoms with E-state index >= 15 is 0 Å². The molecule has 0 spiro atoms. The van der Waals surface area contributed by atoms with Gasteiger partial charge >= 0.3 is 0 Å². The second-order valence-electron chi connectivity index (χ2n) is 5.27. The number of nitrogens with zero attached hydrogens (tertiary/aromatic N) is 1. The Bertz CT molecular complexity index is 656. The normalized spacial score (nSPS) is 14.0. The van der Waals surface area contributed by atoms with E-state index in [0.717, 1.165) is 39.4 Å². The lowest BCUT2D eigenvalue weighted by Crippen LogP contribution is -2.06. The van der Waals surface area contributed by atoms with Gasteiger partial charge in [-0.2, -0.15) is 0 Å². The molecule has 0 saturated heterocycles. The highest BCUT2D eigenvalue weighted by molar-refractivity contribution is 9.10. The van der Waals surface area contributed by atoms with Gasteiger partial charge in [0.2, 0.25) is 5.88 Å². The van der Waals surface area contributed by atoms with Gasteiger partial charge in [0.1, 0.15) is 0 Å². The summed E-state index contributed by atoms with van der Waals surface area (Å²) in [4.78, 5) is 4.24. The van der Waals surface area contributed by atoms with E-state index in [1.807, 2.05) is 24.3 Å². The van der Waals surface area contributed by atoms with Gasteiger partial charge in [0.05, 0.1) is 23.0 Å². The van der Waals surface area contributed by atoms with Crippen LogP contribution in [0.4, 0.5) is 11.4 Å². The average Bonchev–Trinajstić information content (AvgIpc) is 3.33. The number of hydrogen-bond acceptors (Lipinski definition) is 4. The fraction of sp³-hybridized carbons (Fsp3) is 0.312. The summed E-state index contributed by atoms with van der Waals surface area (Å²) in [5.74, 6) is 1.40. The maximum Gasteiger partial charge on any atom is 0.221 e. The zero-order valence-corrected chi connectivity index (χ0v) is 13.5. The molecule has 3 rings (SSSR count). The Morgan fingerprint density at radius 2 is 2.14 bits per heavy atom. The fourth-order valence-corrected chi connectivity index (χ4v) is 2.85. The number of methoxy groups -OCH3 is 1. The van der Waals surface area contributed by atoms with Crippen molar-refractivity contribution in [1.82, 2.24) is 4.98 Å². The Kier molecular flexibility index (Phi) is 4.01. The molecule has 1 saturated carbocycles. The van der Waals surface area contributed by atoms with E-state index in [4.69, 9.17) is 10.5 Å². The van der Waals surface area contributed by atoms with Crippen molar-refractivity contribution >= 4 is 27.3 Å². The second-order valence-corrected chi connectivity index (χ2v) is 6.07. The Morgan fingerprint density at radius 1 is 1.33 bits per heavy atom. The molecule has 1 aromatic carbocycles. The molecule has 0 aliphatic heterocycles. The summed E-state index contributed by atoms with van der Waals surface area (Å²) in [5, 5.41) is 3.42. The Hall–Kier alpha value is -1.75. The van der Waals surface area contributed by atoms with E-state index in [1.165, 1.54) is 12.8 Å². The maximum atomic E-state index is 6.25. The molecule has 110 valence electrons. The van der Waals surface area contributed by atoms with Crippen molar-refractivity contribution in [1.29, 1.82) is 0 Å². The number of pyridine rings is 1. The highest BCUT2D eigenvalue weighted by atomic mass is 79.9. The molecule has 1 aliphatic rings. The summed E-state index contributed by atoms with van der Waals surface area (Å²) in [5.41, 5.74) is 9.85. The summed E-state index contributed by atoms with van der Waals surface area (Å²) in [6.45, 7) is 0.992. The molecule has 5 heteroatoms. The van der Waals surface area contributed by atoms with E-state index in [0.29, 0.717) is 5.88 Å². The second kappa shape index (κ2) is 5.93. The van der Waals surface area contributed by atoms with Crippen molar-refractivity contribution in [2.45, 2.75) is 12.8 Å². The molecule has 0 atom stereocenters. The summed E-state index contributed by atoms with van der Waals surface area (Å²) in [7, 11) is 1.62. The third kappa shape index (κ3) is 2.97. The van der Waals surface area contributed by atoms with Gasteiger partial charge in [0.25, 0.3) is 0 Å². The molecule has 1 fully saturated rings. The van der Waals surface area contributed by atoms with Crippen LogP contribution < -0.4 is 15.8 Å². The number of aromatic nitrogens is 1. The number of halogens is 1. The lowest BCUT2D eigenvalue weighted by molar-refractivity contribution is 0.399. The molecule has 3 N–H and O–H groups in total. The van der Waals surface area contributed by atoms with Crippen molar-refractivity contribution in [3.05, 3.63) is 34.9 Å². The van der Waals surface area contributed by atoms with Crippen LogP contribution in [-0.2, 0) is 0 Å². The van der Waals surface area contributed by atoms with Gasteiger partial charge in [-0.1, -0.05) is 6.07 Å². The van der Waals surface area contributed by atoms with E-state index in [-0.39, 0.29) is 0 Å². The van der Waals surface area contributed by atoms with Crippen molar-refractivity contribution in [2.24, 2.45) is 5.92 Å². The molecule has 21 heavy (non-hydrogen) atoms. The molecule has 4 nitrogen and oxygen atoms in total. The zero-order valence-electron chi connectivity index (χ0n) is 11.9. The van der Waals surface area contributed by atoms with E-state index < -0.39 is 0 Å². The zero-order chi connectivity index (χ0) is 14.8. The Labute approximate surface area is 132 Å². The van der Waals surface area contributed by atoms with Crippen LogP contribution in [0.25, 0.3) is 11.1 Å². The van der Waals surface area contributed by atoms with Gasteiger partial charge in [-0.3, -0.25) is 0 Å². The average molecular weight is 348 g/mol. The van der Waals surface area contributed by atoms with Gasteiger partial charge in [0, 0.05) is 23.9 Å². The molecule has 0 radical (unpaired) electrons. The predicted molar refractivity (Wildman–Crippen MR) is 89.6 cm³/mol. The molecular formula is C16H18BrN3O. The van der Waals surface area contributed by atoms with Gasteiger partial charge < -0.3 is 15.8 Å². The first-order chi connectivity index (χ1) is 10.2. The van der Waals surface area contributed by atoms with Crippen LogP contribution in [0, 0.1) is 5.92 Å². The van der Waals surface area contributed by atoms with Crippen molar-refractivity contribution < 1.29 is 4.74 Å². The van der Waals surface area contributed by atoms with Crippen LogP contribution >= 0.6 is 15.9 Å². The first-order valence-electron chi connectivity index (χ1n) is 7.02. The van der Waals surface area contributed by atoms with Crippen LogP contribution in [0.15, 0.2) is 34.9 Å². The molecule has 1 heterocycles. The molecule has 0 unspecified atom stereocenters. The van der Waals surface area contributed by atoms with Crippen LogP contribution in [0.1, 0.15) is 12.8 Å².